The summed E-state index contributed by atoms with van der Waals surface area (Å²) in [5, 5.41) is 2.77. The predicted octanol–water partition coefficient (Wildman–Crippen LogP) is 2.87. The highest BCUT2D eigenvalue weighted by Gasteiger charge is 2.25. The standard InChI is InChI=1S/C23H26BrN3O4/c1-16-3-4-18(15-20(16)31-2)23(30)27-13-11-26(12-14-27)21(28)9-10-25-22(29)17-5-7-19(24)8-6-17/h3-8,15H,9-14H2,1-2H3,(H,25,29). The van der Waals surface area contributed by atoms with Crippen molar-refractivity contribution in [3.8, 4) is 5.75 Å². The van der Waals surface area contributed by atoms with Gasteiger partial charge in [0.25, 0.3) is 11.8 Å². The zero-order valence-corrected chi connectivity index (χ0v) is 19.3. The molecule has 7 nitrogen and oxygen atoms in total. The van der Waals surface area contributed by atoms with Crippen LogP contribution in [0.2, 0.25) is 0 Å². The number of benzene rings is 2. The maximum atomic E-state index is 12.8. The van der Waals surface area contributed by atoms with E-state index in [1.807, 2.05) is 13.0 Å². The number of rotatable bonds is 6. The first kappa shape index (κ1) is 22.8. The molecular formula is C23H26BrN3O4. The van der Waals surface area contributed by atoms with Crippen molar-refractivity contribution in [1.82, 2.24) is 15.1 Å². The average molecular weight is 488 g/mol. The van der Waals surface area contributed by atoms with Crippen LogP contribution in [0.3, 0.4) is 0 Å². The first-order valence-electron chi connectivity index (χ1n) is 10.1. The molecule has 3 rings (SSSR count). The molecule has 1 fully saturated rings. The molecule has 2 aromatic carbocycles. The third-order valence-electron chi connectivity index (χ3n) is 5.31. The summed E-state index contributed by atoms with van der Waals surface area (Å²) < 4.78 is 6.21. The summed E-state index contributed by atoms with van der Waals surface area (Å²) in [6.45, 7) is 4.12. The second-order valence-electron chi connectivity index (χ2n) is 7.37. The van der Waals surface area contributed by atoms with Crippen LogP contribution >= 0.6 is 15.9 Å². The quantitative estimate of drug-likeness (QED) is 0.679. The van der Waals surface area contributed by atoms with Crippen molar-refractivity contribution < 1.29 is 19.1 Å². The number of piperazine rings is 1. The maximum Gasteiger partial charge on any atom is 0.254 e. The molecule has 31 heavy (non-hydrogen) atoms. The number of carbonyl (C=O) groups excluding carboxylic acids is 3. The molecule has 1 heterocycles. The lowest BCUT2D eigenvalue weighted by Gasteiger charge is -2.35. The first-order valence-corrected chi connectivity index (χ1v) is 10.9. The fraction of sp³-hybridized carbons (Fsp3) is 0.348. The van der Waals surface area contributed by atoms with Crippen molar-refractivity contribution in [3.63, 3.8) is 0 Å². The van der Waals surface area contributed by atoms with Gasteiger partial charge in [-0.1, -0.05) is 22.0 Å². The minimum atomic E-state index is -0.204. The SMILES string of the molecule is COc1cc(C(=O)N2CCN(C(=O)CCNC(=O)c3ccc(Br)cc3)CC2)ccc1C. The summed E-state index contributed by atoms with van der Waals surface area (Å²) in [4.78, 5) is 40.9. The van der Waals surface area contributed by atoms with Gasteiger partial charge >= 0.3 is 0 Å². The highest BCUT2D eigenvalue weighted by atomic mass is 79.9. The van der Waals surface area contributed by atoms with E-state index in [1.54, 1.807) is 53.3 Å². The van der Waals surface area contributed by atoms with Gasteiger partial charge in [-0.3, -0.25) is 14.4 Å². The van der Waals surface area contributed by atoms with Gasteiger partial charge < -0.3 is 19.9 Å². The molecule has 0 aliphatic carbocycles. The van der Waals surface area contributed by atoms with Crippen molar-refractivity contribution in [3.05, 3.63) is 63.6 Å². The molecule has 3 amide bonds. The van der Waals surface area contributed by atoms with Gasteiger partial charge in [-0.25, -0.2) is 0 Å². The van der Waals surface area contributed by atoms with E-state index in [0.29, 0.717) is 43.1 Å². The van der Waals surface area contributed by atoms with Gasteiger partial charge in [0.05, 0.1) is 7.11 Å². The molecule has 0 bridgehead atoms. The van der Waals surface area contributed by atoms with Gasteiger partial charge in [-0.15, -0.1) is 0 Å². The monoisotopic (exact) mass is 487 g/mol. The van der Waals surface area contributed by atoms with Crippen molar-refractivity contribution in [1.29, 1.82) is 0 Å². The second kappa shape index (κ2) is 10.4. The number of aryl methyl sites for hydroxylation is 1. The highest BCUT2D eigenvalue weighted by Crippen LogP contribution is 2.20. The Balaban J connectivity index is 1.44. The topological polar surface area (TPSA) is 79.0 Å². The Morgan fingerprint density at radius 3 is 2.23 bits per heavy atom. The number of hydrogen-bond acceptors (Lipinski definition) is 4. The number of amides is 3. The van der Waals surface area contributed by atoms with Crippen LogP contribution in [-0.4, -0.2) is 67.4 Å². The molecule has 1 aliphatic rings. The minimum absolute atomic E-state index is 0.0276. The summed E-state index contributed by atoms with van der Waals surface area (Å²) in [6.07, 6.45) is 0.228. The molecule has 0 aromatic heterocycles. The highest BCUT2D eigenvalue weighted by molar-refractivity contribution is 9.10. The predicted molar refractivity (Wildman–Crippen MR) is 121 cm³/mol. The van der Waals surface area contributed by atoms with Crippen molar-refractivity contribution in [2.45, 2.75) is 13.3 Å². The molecule has 0 unspecified atom stereocenters. The van der Waals surface area contributed by atoms with Crippen LogP contribution in [0.5, 0.6) is 5.75 Å². The summed E-state index contributed by atoms with van der Waals surface area (Å²) in [5.74, 6) is 0.390. The summed E-state index contributed by atoms with van der Waals surface area (Å²) in [7, 11) is 1.59. The fourth-order valence-corrected chi connectivity index (χ4v) is 3.70. The van der Waals surface area contributed by atoms with E-state index >= 15 is 0 Å². The van der Waals surface area contributed by atoms with Crippen LogP contribution in [0, 0.1) is 6.92 Å². The zero-order chi connectivity index (χ0) is 22.4. The van der Waals surface area contributed by atoms with Gasteiger partial charge in [0.1, 0.15) is 5.75 Å². The molecule has 0 saturated carbocycles. The number of halogens is 1. The van der Waals surface area contributed by atoms with E-state index in [1.165, 1.54) is 0 Å². The molecule has 2 aromatic rings. The van der Waals surface area contributed by atoms with Crippen LogP contribution < -0.4 is 10.1 Å². The Morgan fingerprint density at radius 2 is 1.58 bits per heavy atom. The zero-order valence-electron chi connectivity index (χ0n) is 17.7. The molecule has 0 spiro atoms. The maximum absolute atomic E-state index is 12.8. The van der Waals surface area contributed by atoms with Crippen LogP contribution in [0.4, 0.5) is 0 Å². The summed E-state index contributed by atoms with van der Waals surface area (Å²) in [6, 6.07) is 12.5. The first-order chi connectivity index (χ1) is 14.9. The van der Waals surface area contributed by atoms with E-state index < -0.39 is 0 Å². The molecule has 0 radical (unpaired) electrons. The Labute approximate surface area is 190 Å². The Kier molecular flexibility index (Phi) is 7.68. The van der Waals surface area contributed by atoms with E-state index in [2.05, 4.69) is 21.2 Å². The number of methoxy groups -OCH3 is 1. The number of nitrogens with one attached hydrogen (secondary N) is 1. The normalized spacial score (nSPS) is 13.6. The lowest BCUT2D eigenvalue weighted by Crippen LogP contribution is -2.51. The molecule has 164 valence electrons. The summed E-state index contributed by atoms with van der Waals surface area (Å²) >= 11 is 3.33. The molecule has 1 N–H and O–H groups in total. The van der Waals surface area contributed by atoms with Crippen molar-refractivity contribution in [2.24, 2.45) is 0 Å². The Hall–Kier alpha value is -2.87. The fourth-order valence-electron chi connectivity index (χ4n) is 3.44. The molecule has 8 heteroatoms. The van der Waals surface area contributed by atoms with Crippen LogP contribution in [0.1, 0.15) is 32.7 Å². The van der Waals surface area contributed by atoms with E-state index in [9.17, 15) is 14.4 Å². The second-order valence-corrected chi connectivity index (χ2v) is 8.29. The number of ether oxygens (including phenoxy) is 1. The van der Waals surface area contributed by atoms with Gasteiger partial charge in [-0.05, 0) is 48.9 Å². The van der Waals surface area contributed by atoms with E-state index in [0.717, 1.165) is 10.0 Å². The Morgan fingerprint density at radius 1 is 0.968 bits per heavy atom. The van der Waals surface area contributed by atoms with Gasteiger partial charge in [-0.2, -0.15) is 0 Å². The van der Waals surface area contributed by atoms with Crippen molar-refractivity contribution >= 4 is 33.7 Å². The van der Waals surface area contributed by atoms with Crippen LogP contribution in [0.25, 0.3) is 0 Å². The van der Waals surface area contributed by atoms with Gasteiger partial charge in [0.2, 0.25) is 5.91 Å². The smallest absolute Gasteiger partial charge is 0.254 e. The third-order valence-corrected chi connectivity index (χ3v) is 5.83. The average Bonchev–Trinajstić information content (AvgIpc) is 2.79. The minimum Gasteiger partial charge on any atom is -0.496 e. The lowest BCUT2D eigenvalue weighted by molar-refractivity contribution is -0.132. The van der Waals surface area contributed by atoms with Crippen LogP contribution in [-0.2, 0) is 4.79 Å². The molecule has 0 atom stereocenters. The van der Waals surface area contributed by atoms with Crippen molar-refractivity contribution in [2.75, 3.05) is 39.8 Å². The molecular weight excluding hydrogens is 462 g/mol. The lowest BCUT2D eigenvalue weighted by atomic mass is 10.1. The Bertz CT molecular complexity index is 954. The van der Waals surface area contributed by atoms with E-state index in [-0.39, 0.29) is 30.7 Å². The van der Waals surface area contributed by atoms with E-state index in [4.69, 9.17) is 4.74 Å². The van der Waals surface area contributed by atoms with Gasteiger partial charge in [0.15, 0.2) is 0 Å². The number of hydrogen-bond donors (Lipinski definition) is 1. The molecule has 1 saturated heterocycles. The number of nitrogens with zero attached hydrogens (tertiary/aromatic N) is 2. The number of carbonyl (C=O) groups is 3. The third kappa shape index (κ3) is 5.85. The molecule has 1 aliphatic heterocycles. The van der Waals surface area contributed by atoms with Crippen LogP contribution in [0.15, 0.2) is 46.9 Å². The largest absolute Gasteiger partial charge is 0.496 e. The summed E-state index contributed by atoms with van der Waals surface area (Å²) in [5.41, 5.74) is 2.11. The van der Waals surface area contributed by atoms with Gasteiger partial charge in [0, 0.05) is 54.7 Å².